The Kier molecular flexibility index (Phi) is 5.32. The van der Waals surface area contributed by atoms with Crippen molar-refractivity contribution in [3.8, 4) is 11.5 Å². The van der Waals surface area contributed by atoms with E-state index in [4.69, 9.17) is 16.3 Å². The first kappa shape index (κ1) is 23.3. The number of phenolic OH excluding ortho intramolecular Hbond substituents is 1. The number of aliphatic hydroxyl groups is 1. The van der Waals surface area contributed by atoms with Gasteiger partial charge in [-0.3, -0.25) is 9.69 Å². The number of carbonyl (C=O) groups excluding carboxylic acids is 1. The molecule has 35 heavy (non-hydrogen) atoms. The molecule has 7 nitrogen and oxygen atoms in total. The number of halogens is 2. The van der Waals surface area contributed by atoms with Gasteiger partial charge in [0.25, 0.3) is 5.91 Å². The molecule has 9 heteroatoms. The van der Waals surface area contributed by atoms with Crippen molar-refractivity contribution in [1.82, 2.24) is 15.2 Å². The number of hydrogen-bond acceptors (Lipinski definition) is 6. The lowest BCUT2D eigenvalue weighted by atomic mass is 9.48. The van der Waals surface area contributed by atoms with Crippen molar-refractivity contribution in [1.29, 1.82) is 0 Å². The molecule has 3 heterocycles. The Morgan fingerprint density at radius 3 is 2.86 bits per heavy atom. The largest absolute Gasteiger partial charge is 0.504 e. The minimum atomic E-state index is -0.960. The molecule has 5 atom stereocenters. The number of nitrogens with one attached hydrogen (secondary N) is 1. The molecule has 186 valence electrons. The number of piperidine rings is 1. The molecule has 7 rings (SSSR count). The minimum Gasteiger partial charge on any atom is -0.504 e. The average molecular weight is 518 g/mol. The minimum absolute atomic E-state index is 0. The van der Waals surface area contributed by atoms with E-state index in [1.165, 1.54) is 19.0 Å². The number of aromatic nitrogens is 1. The van der Waals surface area contributed by atoms with Crippen LogP contribution in [-0.4, -0.2) is 62.9 Å². The van der Waals surface area contributed by atoms with Crippen LogP contribution in [0.5, 0.6) is 11.5 Å². The second-order valence-corrected chi connectivity index (χ2v) is 11.2. The SMILES string of the molecule is Cl.O=C(N[C@@H]1CC[C@@]2(O)[C@H]3Cc4ccc(O)c5c4[C@@]2(CCN3CC2CC2)[C@H]1O5)c1ccnc(Cl)c1. The molecule has 1 amide bonds. The van der Waals surface area contributed by atoms with Crippen LogP contribution in [0, 0.1) is 5.92 Å². The Bertz CT molecular complexity index is 1210. The molecule has 2 saturated carbocycles. The molecule has 3 N–H and O–H groups in total. The second kappa shape index (κ2) is 7.97. The summed E-state index contributed by atoms with van der Waals surface area (Å²) in [6.07, 6.45) is 6.31. The van der Waals surface area contributed by atoms with E-state index in [9.17, 15) is 15.0 Å². The number of rotatable bonds is 4. The van der Waals surface area contributed by atoms with E-state index in [0.29, 0.717) is 24.2 Å². The summed E-state index contributed by atoms with van der Waals surface area (Å²) in [5.74, 6) is 1.10. The number of nitrogens with zero attached hydrogens (tertiary/aromatic N) is 2. The first-order valence-electron chi connectivity index (χ1n) is 12.3. The smallest absolute Gasteiger partial charge is 0.251 e. The van der Waals surface area contributed by atoms with Crippen LogP contribution >= 0.6 is 24.0 Å². The highest BCUT2D eigenvalue weighted by Crippen LogP contribution is 2.65. The maximum atomic E-state index is 13.1. The first-order valence-corrected chi connectivity index (χ1v) is 12.7. The second-order valence-electron chi connectivity index (χ2n) is 10.8. The molecule has 2 aliphatic heterocycles. The van der Waals surface area contributed by atoms with Gasteiger partial charge in [-0.1, -0.05) is 17.7 Å². The molecule has 3 aliphatic carbocycles. The highest BCUT2D eigenvalue weighted by Gasteiger charge is 2.73. The number of ether oxygens (including phenoxy) is 1. The van der Waals surface area contributed by atoms with E-state index in [-0.39, 0.29) is 41.3 Å². The zero-order chi connectivity index (χ0) is 23.2. The number of phenols is 1. The highest BCUT2D eigenvalue weighted by atomic mass is 35.5. The van der Waals surface area contributed by atoms with Gasteiger partial charge in [-0.25, -0.2) is 4.98 Å². The molecule has 1 spiro atoms. The van der Waals surface area contributed by atoms with Gasteiger partial charge in [0.1, 0.15) is 11.3 Å². The monoisotopic (exact) mass is 517 g/mol. The number of aromatic hydroxyl groups is 1. The molecular weight excluding hydrogens is 489 g/mol. The Balaban J connectivity index is 0.00000229. The van der Waals surface area contributed by atoms with Crippen LogP contribution < -0.4 is 10.1 Å². The van der Waals surface area contributed by atoms with Crippen molar-refractivity contribution in [3.05, 3.63) is 52.3 Å². The van der Waals surface area contributed by atoms with E-state index < -0.39 is 17.1 Å². The molecule has 0 unspecified atom stereocenters. The molecule has 5 aliphatic rings. The van der Waals surface area contributed by atoms with Gasteiger partial charge in [0.2, 0.25) is 0 Å². The van der Waals surface area contributed by atoms with Gasteiger partial charge in [0.05, 0.1) is 17.1 Å². The van der Waals surface area contributed by atoms with Crippen LogP contribution in [-0.2, 0) is 11.8 Å². The predicted octanol–water partition coefficient (Wildman–Crippen LogP) is 3.23. The number of carbonyl (C=O) groups is 1. The Labute approximate surface area is 215 Å². The summed E-state index contributed by atoms with van der Waals surface area (Å²) in [4.78, 5) is 19.6. The molecule has 2 bridgehead atoms. The summed E-state index contributed by atoms with van der Waals surface area (Å²) in [6.45, 7) is 1.93. The maximum Gasteiger partial charge on any atom is 0.251 e. The standard InChI is InChI=1S/C26H28ClN3O4.ClH/c27-20-12-16(6-9-28-20)24(32)29-17-5-7-26(33)19-11-15-3-4-18(31)22-21(15)25(26,23(17)34-22)8-10-30(19)13-14-1-2-14;/h3-4,6,9,12,14,17,19,23,31,33H,1-2,5,7-8,10-11,13H2,(H,29,32);1H/t17-,19-,23+,25+,26-;/m1./s1. The normalized spacial score (nSPS) is 34.4. The van der Waals surface area contributed by atoms with Crippen LogP contribution in [0.15, 0.2) is 30.5 Å². The molecular formula is C26H29Cl2N3O4. The number of amides is 1. The zero-order valence-electron chi connectivity index (χ0n) is 19.2. The van der Waals surface area contributed by atoms with Crippen molar-refractivity contribution in [2.75, 3.05) is 13.1 Å². The number of likely N-dealkylation sites (tertiary alicyclic amines) is 1. The van der Waals surface area contributed by atoms with E-state index in [0.717, 1.165) is 43.0 Å². The predicted molar refractivity (Wildman–Crippen MR) is 133 cm³/mol. The van der Waals surface area contributed by atoms with Crippen LogP contribution in [0.2, 0.25) is 5.15 Å². The van der Waals surface area contributed by atoms with Gasteiger partial charge in [0, 0.05) is 29.9 Å². The van der Waals surface area contributed by atoms with Gasteiger partial charge >= 0.3 is 0 Å². The molecule has 1 saturated heterocycles. The lowest BCUT2D eigenvalue weighted by molar-refractivity contribution is -0.191. The van der Waals surface area contributed by atoms with Gasteiger partial charge in [-0.2, -0.15) is 0 Å². The maximum absolute atomic E-state index is 13.1. The van der Waals surface area contributed by atoms with Crippen LogP contribution in [0.25, 0.3) is 0 Å². The first-order chi connectivity index (χ1) is 16.4. The fourth-order valence-corrected chi connectivity index (χ4v) is 7.60. The molecule has 3 fully saturated rings. The van der Waals surface area contributed by atoms with E-state index in [2.05, 4.69) is 15.2 Å². The quantitative estimate of drug-likeness (QED) is 0.539. The van der Waals surface area contributed by atoms with Crippen molar-refractivity contribution in [2.24, 2.45) is 5.92 Å². The molecule has 1 aromatic heterocycles. The Hall–Kier alpha value is -2.06. The number of benzene rings is 1. The average Bonchev–Trinajstić information content (AvgIpc) is 3.56. The summed E-state index contributed by atoms with van der Waals surface area (Å²) in [5.41, 5.74) is 0.952. The van der Waals surface area contributed by atoms with Crippen LogP contribution in [0.4, 0.5) is 0 Å². The van der Waals surface area contributed by atoms with Crippen molar-refractivity contribution >= 4 is 29.9 Å². The van der Waals surface area contributed by atoms with Crippen molar-refractivity contribution in [3.63, 3.8) is 0 Å². The highest BCUT2D eigenvalue weighted by molar-refractivity contribution is 6.29. The molecule has 0 radical (unpaired) electrons. The van der Waals surface area contributed by atoms with Crippen LogP contribution in [0.1, 0.15) is 53.6 Å². The fraction of sp³-hybridized carbons (Fsp3) is 0.538. The fourth-order valence-electron chi connectivity index (χ4n) is 7.42. The third-order valence-corrected chi connectivity index (χ3v) is 9.27. The van der Waals surface area contributed by atoms with Gasteiger partial charge in [-0.15, -0.1) is 12.4 Å². The molecule has 2 aromatic rings. The van der Waals surface area contributed by atoms with Gasteiger partial charge in [-0.05, 0) is 74.8 Å². The summed E-state index contributed by atoms with van der Waals surface area (Å²) in [6, 6.07) is 6.62. The van der Waals surface area contributed by atoms with Gasteiger partial charge in [0.15, 0.2) is 11.5 Å². The molecule has 1 aromatic carbocycles. The third kappa shape index (κ3) is 3.18. The van der Waals surface area contributed by atoms with Crippen molar-refractivity contribution < 1.29 is 19.7 Å². The third-order valence-electron chi connectivity index (χ3n) is 9.07. The Morgan fingerprint density at radius 1 is 1.26 bits per heavy atom. The summed E-state index contributed by atoms with van der Waals surface area (Å²) in [7, 11) is 0. The zero-order valence-corrected chi connectivity index (χ0v) is 20.8. The lowest BCUT2D eigenvalue weighted by Crippen LogP contribution is -2.78. The van der Waals surface area contributed by atoms with E-state index >= 15 is 0 Å². The van der Waals surface area contributed by atoms with Crippen molar-refractivity contribution in [2.45, 2.75) is 67.7 Å². The van der Waals surface area contributed by atoms with E-state index in [1.807, 2.05) is 6.07 Å². The number of hydrogen-bond donors (Lipinski definition) is 3. The van der Waals surface area contributed by atoms with Gasteiger partial charge < -0.3 is 20.3 Å². The van der Waals surface area contributed by atoms with E-state index in [1.54, 1.807) is 18.2 Å². The number of pyridine rings is 1. The topological polar surface area (TPSA) is 94.9 Å². The summed E-state index contributed by atoms with van der Waals surface area (Å²) in [5, 5.41) is 26.6. The summed E-state index contributed by atoms with van der Waals surface area (Å²) >= 11 is 6.00. The Morgan fingerprint density at radius 2 is 2.09 bits per heavy atom. The van der Waals surface area contributed by atoms with Crippen LogP contribution in [0.3, 0.4) is 0 Å². The lowest BCUT2D eigenvalue weighted by Gasteiger charge is -2.64. The summed E-state index contributed by atoms with van der Waals surface area (Å²) < 4.78 is 6.49.